The van der Waals surface area contributed by atoms with Crippen molar-refractivity contribution in [3.63, 3.8) is 0 Å². The quantitative estimate of drug-likeness (QED) is 0.501. The maximum atomic E-state index is 5.94. The van der Waals surface area contributed by atoms with Gasteiger partial charge < -0.3 is 4.74 Å². The number of ether oxygens (including phenoxy) is 1. The van der Waals surface area contributed by atoms with Crippen LogP contribution in [-0.2, 0) is 6.61 Å². The average Bonchev–Trinajstić information content (AvgIpc) is 3.50. The first-order chi connectivity index (χ1) is 15.3. The summed E-state index contributed by atoms with van der Waals surface area (Å²) in [6, 6.07) is 22.0. The van der Waals surface area contributed by atoms with Crippen molar-refractivity contribution in [1.82, 2.24) is 10.2 Å². The van der Waals surface area contributed by atoms with Crippen molar-refractivity contribution in [3.8, 4) is 5.75 Å². The van der Waals surface area contributed by atoms with Crippen LogP contribution in [0, 0.1) is 5.92 Å². The summed E-state index contributed by atoms with van der Waals surface area (Å²) in [6.45, 7) is 0.545. The van der Waals surface area contributed by atoms with Crippen LogP contribution < -0.4 is 9.75 Å². The zero-order chi connectivity index (χ0) is 21.0. The van der Waals surface area contributed by atoms with Crippen LogP contribution >= 0.6 is 11.6 Å². The lowest BCUT2D eigenvalue weighted by Crippen LogP contribution is -2.20. The van der Waals surface area contributed by atoms with Crippen LogP contribution in [0.1, 0.15) is 23.6 Å². The van der Waals surface area contributed by atoms with Crippen LogP contribution in [0.15, 0.2) is 96.1 Å². The Labute approximate surface area is 186 Å². The molecule has 0 saturated heterocycles. The van der Waals surface area contributed by atoms with Crippen molar-refractivity contribution >= 4 is 23.1 Å². The molecule has 2 heterocycles. The second kappa shape index (κ2) is 8.74. The summed E-state index contributed by atoms with van der Waals surface area (Å²) >= 11 is 5.94. The van der Waals surface area contributed by atoms with Crippen LogP contribution in [0.25, 0.3) is 0 Å². The predicted molar refractivity (Wildman–Crippen MR) is 123 cm³/mol. The van der Waals surface area contributed by atoms with Gasteiger partial charge in [-0.25, -0.2) is 5.01 Å². The van der Waals surface area contributed by atoms with Gasteiger partial charge in [-0.1, -0.05) is 78.4 Å². The second-order valence-electron chi connectivity index (χ2n) is 7.51. The molecule has 0 spiro atoms. The molecule has 1 unspecified atom stereocenters. The molecule has 0 radical (unpaired) electrons. The Kier molecular flexibility index (Phi) is 5.50. The summed E-state index contributed by atoms with van der Waals surface area (Å²) in [4.78, 5) is 0. The van der Waals surface area contributed by atoms with E-state index in [2.05, 4.69) is 58.8 Å². The Hall–Kier alpha value is -3.44. The van der Waals surface area contributed by atoms with Gasteiger partial charge in [-0.3, -0.25) is 0 Å². The molecule has 5 nitrogen and oxygen atoms in total. The maximum absolute atomic E-state index is 5.94. The normalized spacial score (nSPS) is 17.9. The number of hydrogen-bond acceptors (Lipinski definition) is 5. The molecule has 2 aromatic carbocycles. The van der Waals surface area contributed by atoms with Crippen molar-refractivity contribution in [3.05, 3.63) is 107 Å². The highest BCUT2D eigenvalue weighted by Gasteiger charge is 2.32. The van der Waals surface area contributed by atoms with Crippen LogP contribution in [0.4, 0.5) is 5.82 Å². The smallest absolute Gasteiger partial charge is 0.172 e. The first kappa shape index (κ1) is 19.5. The number of benzene rings is 2. The Morgan fingerprint density at radius 1 is 0.903 bits per heavy atom. The first-order valence-corrected chi connectivity index (χ1v) is 10.6. The number of halogens is 1. The molecule has 1 aliphatic heterocycles. The van der Waals surface area contributed by atoms with Crippen LogP contribution in [0.3, 0.4) is 0 Å². The van der Waals surface area contributed by atoms with Gasteiger partial charge in [0.2, 0.25) is 0 Å². The lowest BCUT2D eigenvalue weighted by atomic mass is 9.95. The largest absolute Gasteiger partial charge is 0.489 e. The van der Waals surface area contributed by atoms with Gasteiger partial charge in [-0.15, -0.1) is 10.2 Å². The Bertz CT molecular complexity index is 1110. The van der Waals surface area contributed by atoms with Crippen molar-refractivity contribution in [2.24, 2.45) is 11.0 Å². The van der Waals surface area contributed by atoms with Gasteiger partial charge in [0.1, 0.15) is 12.4 Å². The monoisotopic (exact) mass is 428 g/mol. The van der Waals surface area contributed by atoms with Gasteiger partial charge in [0.05, 0.1) is 11.8 Å². The van der Waals surface area contributed by atoms with Gasteiger partial charge >= 0.3 is 0 Å². The molecule has 2 aliphatic rings. The van der Waals surface area contributed by atoms with Crippen molar-refractivity contribution < 1.29 is 4.74 Å². The van der Waals surface area contributed by atoms with Gasteiger partial charge in [-0.05, 0) is 35.4 Å². The molecule has 5 rings (SSSR count). The predicted octanol–water partition coefficient (Wildman–Crippen LogP) is 5.76. The molecule has 3 aromatic rings. The zero-order valence-corrected chi connectivity index (χ0v) is 17.6. The van der Waals surface area contributed by atoms with Gasteiger partial charge in [0.15, 0.2) is 11.0 Å². The molecule has 154 valence electrons. The fourth-order valence-corrected chi connectivity index (χ4v) is 3.92. The Morgan fingerprint density at radius 3 is 2.39 bits per heavy atom. The van der Waals surface area contributed by atoms with Crippen LogP contribution in [0.5, 0.6) is 5.75 Å². The fourth-order valence-electron chi connectivity index (χ4n) is 3.82. The fraction of sp³-hybridized carbons (Fsp3) is 0.160. The molecule has 6 heteroatoms. The standard InChI is InChI=1S/C25H21ClN4O/c26-24-14-15-25(28-27-24)30-23(16-22(29-30)19-8-4-5-9-19)20-10-12-21(13-11-20)31-17-18-6-2-1-3-7-18/h1-15,19,23H,16-17H2. The van der Waals surface area contributed by atoms with E-state index in [-0.39, 0.29) is 12.0 Å². The highest BCUT2D eigenvalue weighted by molar-refractivity contribution is 6.29. The average molecular weight is 429 g/mol. The molecule has 0 saturated carbocycles. The number of aromatic nitrogens is 2. The van der Waals surface area contributed by atoms with E-state index in [0.29, 0.717) is 17.6 Å². The van der Waals surface area contributed by atoms with Crippen molar-refractivity contribution in [1.29, 1.82) is 0 Å². The third-order valence-corrected chi connectivity index (χ3v) is 5.63. The highest BCUT2D eigenvalue weighted by Crippen LogP contribution is 2.37. The van der Waals surface area contributed by atoms with Crippen molar-refractivity contribution in [2.45, 2.75) is 19.1 Å². The number of nitrogens with zero attached hydrogens (tertiary/aromatic N) is 4. The molecule has 1 aliphatic carbocycles. The summed E-state index contributed by atoms with van der Waals surface area (Å²) in [7, 11) is 0. The SMILES string of the molecule is Clc1ccc(N2N=C(C3C=CC=C3)CC2c2ccc(OCc3ccccc3)cc2)nn1. The number of anilines is 1. The number of allylic oxidation sites excluding steroid dienone is 4. The number of hydrazone groups is 1. The number of rotatable bonds is 6. The van der Waals surface area contributed by atoms with E-state index in [1.165, 1.54) is 0 Å². The minimum absolute atomic E-state index is 0.0380. The molecular formula is C25H21ClN4O. The summed E-state index contributed by atoms with van der Waals surface area (Å²) in [5, 5.41) is 15.5. The van der Waals surface area contributed by atoms with E-state index in [4.69, 9.17) is 21.4 Å². The van der Waals surface area contributed by atoms with Crippen LogP contribution in [0.2, 0.25) is 5.15 Å². The van der Waals surface area contributed by atoms with E-state index >= 15 is 0 Å². The van der Waals surface area contributed by atoms with Crippen LogP contribution in [-0.4, -0.2) is 15.9 Å². The first-order valence-electron chi connectivity index (χ1n) is 10.2. The van der Waals surface area contributed by atoms with E-state index in [1.54, 1.807) is 6.07 Å². The summed E-state index contributed by atoms with van der Waals surface area (Å²) in [5.74, 6) is 1.74. The highest BCUT2D eigenvalue weighted by atomic mass is 35.5. The minimum atomic E-state index is 0.0380. The molecule has 31 heavy (non-hydrogen) atoms. The molecule has 1 atom stereocenters. The van der Waals surface area contributed by atoms with E-state index in [1.807, 2.05) is 41.4 Å². The molecule has 0 amide bonds. The van der Waals surface area contributed by atoms with E-state index in [9.17, 15) is 0 Å². The molecule has 1 aromatic heterocycles. The summed E-state index contributed by atoms with van der Waals surface area (Å²) in [5.41, 5.74) is 3.40. The lowest BCUT2D eigenvalue weighted by Gasteiger charge is -2.22. The van der Waals surface area contributed by atoms with Gasteiger partial charge in [0, 0.05) is 12.3 Å². The van der Waals surface area contributed by atoms with E-state index in [0.717, 1.165) is 29.0 Å². The number of hydrogen-bond donors (Lipinski definition) is 0. The second-order valence-corrected chi connectivity index (χ2v) is 7.90. The third kappa shape index (κ3) is 4.37. The third-order valence-electron chi connectivity index (χ3n) is 5.43. The molecule has 0 fully saturated rings. The summed E-state index contributed by atoms with van der Waals surface area (Å²) in [6.07, 6.45) is 9.26. The van der Waals surface area contributed by atoms with Gasteiger partial charge in [-0.2, -0.15) is 5.10 Å². The Balaban J connectivity index is 1.36. The topological polar surface area (TPSA) is 50.6 Å². The van der Waals surface area contributed by atoms with Crippen molar-refractivity contribution in [2.75, 3.05) is 5.01 Å². The molecule has 0 bridgehead atoms. The van der Waals surface area contributed by atoms with Gasteiger partial charge in [0.25, 0.3) is 0 Å². The maximum Gasteiger partial charge on any atom is 0.172 e. The zero-order valence-electron chi connectivity index (χ0n) is 16.8. The minimum Gasteiger partial charge on any atom is -0.489 e. The molecular weight excluding hydrogens is 408 g/mol. The van der Waals surface area contributed by atoms with E-state index < -0.39 is 0 Å². The summed E-state index contributed by atoms with van der Waals surface area (Å²) < 4.78 is 5.94. The lowest BCUT2D eigenvalue weighted by molar-refractivity contribution is 0.306. The molecule has 0 N–H and O–H groups in total. The Morgan fingerprint density at radius 2 is 1.68 bits per heavy atom.